The minimum Gasteiger partial charge on any atom is -0.361 e. The number of benzene rings is 1. The van der Waals surface area contributed by atoms with Crippen LogP contribution < -0.4 is 0 Å². The molecule has 0 fully saturated rings. The van der Waals surface area contributed by atoms with E-state index in [0.29, 0.717) is 17.5 Å². The fourth-order valence-corrected chi connectivity index (χ4v) is 2.78. The Morgan fingerprint density at radius 1 is 1.25 bits per heavy atom. The Kier molecular flexibility index (Phi) is 3.87. The molecule has 5 nitrogen and oxygen atoms in total. The molecule has 1 aromatic carbocycles. The van der Waals surface area contributed by atoms with E-state index in [0.717, 1.165) is 16.4 Å². The molecular formula is C12H12F2N2O3S. The zero-order chi connectivity index (χ0) is 14.9. The lowest BCUT2D eigenvalue weighted by molar-refractivity contribution is 0.378. The Balaban J connectivity index is 2.27. The summed E-state index contributed by atoms with van der Waals surface area (Å²) in [6.07, 6.45) is 0. The topological polar surface area (TPSA) is 63.4 Å². The van der Waals surface area contributed by atoms with Crippen LogP contribution in [0.3, 0.4) is 0 Å². The number of hydrogen-bond acceptors (Lipinski definition) is 4. The molecule has 0 bridgehead atoms. The van der Waals surface area contributed by atoms with Gasteiger partial charge in [-0.2, -0.15) is 4.31 Å². The lowest BCUT2D eigenvalue weighted by Gasteiger charge is -2.15. The highest BCUT2D eigenvalue weighted by atomic mass is 32.2. The molecule has 0 N–H and O–H groups in total. The van der Waals surface area contributed by atoms with Gasteiger partial charge in [0.1, 0.15) is 5.76 Å². The molecule has 0 aliphatic rings. The molecule has 0 spiro atoms. The summed E-state index contributed by atoms with van der Waals surface area (Å²) in [6, 6.07) is 4.03. The second-order valence-electron chi connectivity index (χ2n) is 4.27. The SMILES string of the molecule is Cc1cc(CN(C)S(=O)(=O)c2ccc(F)c(F)c2)no1. The number of aryl methyl sites for hydroxylation is 1. The Labute approximate surface area is 114 Å². The summed E-state index contributed by atoms with van der Waals surface area (Å²) in [7, 11) is -2.60. The van der Waals surface area contributed by atoms with Crippen molar-refractivity contribution in [2.45, 2.75) is 18.4 Å². The summed E-state index contributed by atoms with van der Waals surface area (Å²) in [5.41, 5.74) is 0.427. The van der Waals surface area contributed by atoms with Crippen LogP contribution in [0.15, 0.2) is 33.7 Å². The predicted octanol–water partition coefficient (Wildman–Crippen LogP) is 2.08. The van der Waals surface area contributed by atoms with Crippen LogP contribution in [0.25, 0.3) is 0 Å². The van der Waals surface area contributed by atoms with E-state index in [-0.39, 0.29) is 11.4 Å². The van der Waals surface area contributed by atoms with Crippen molar-refractivity contribution in [1.82, 2.24) is 9.46 Å². The molecule has 0 aliphatic heterocycles. The van der Waals surface area contributed by atoms with E-state index in [2.05, 4.69) is 5.16 Å². The number of hydrogen-bond donors (Lipinski definition) is 0. The molecule has 0 amide bonds. The standard InChI is InChI=1S/C12H12F2N2O3S/c1-8-5-9(15-19-8)7-16(2)20(17,18)10-3-4-11(13)12(14)6-10/h3-6H,7H2,1-2H3. The van der Waals surface area contributed by atoms with Gasteiger partial charge in [0.05, 0.1) is 17.1 Å². The summed E-state index contributed by atoms with van der Waals surface area (Å²) in [6.45, 7) is 1.65. The van der Waals surface area contributed by atoms with E-state index in [4.69, 9.17) is 4.52 Å². The Morgan fingerprint density at radius 2 is 1.95 bits per heavy atom. The first-order valence-electron chi connectivity index (χ1n) is 5.64. The molecule has 20 heavy (non-hydrogen) atoms. The Morgan fingerprint density at radius 3 is 2.50 bits per heavy atom. The zero-order valence-electron chi connectivity index (χ0n) is 10.8. The first-order chi connectivity index (χ1) is 9.30. The summed E-state index contributed by atoms with van der Waals surface area (Å²) >= 11 is 0. The highest BCUT2D eigenvalue weighted by Gasteiger charge is 2.23. The molecule has 1 heterocycles. The first-order valence-corrected chi connectivity index (χ1v) is 7.08. The third-order valence-electron chi connectivity index (χ3n) is 2.66. The predicted molar refractivity (Wildman–Crippen MR) is 66.3 cm³/mol. The van der Waals surface area contributed by atoms with Gasteiger partial charge in [-0.15, -0.1) is 0 Å². The maximum atomic E-state index is 13.1. The van der Waals surface area contributed by atoms with Gasteiger partial charge < -0.3 is 4.52 Å². The molecule has 1 aromatic heterocycles. The number of rotatable bonds is 4. The molecule has 8 heteroatoms. The maximum absolute atomic E-state index is 13.1. The van der Waals surface area contributed by atoms with E-state index >= 15 is 0 Å². The monoisotopic (exact) mass is 302 g/mol. The van der Waals surface area contributed by atoms with Crippen molar-refractivity contribution in [3.8, 4) is 0 Å². The maximum Gasteiger partial charge on any atom is 0.243 e. The van der Waals surface area contributed by atoms with Crippen molar-refractivity contribution < 1.29 is 21.7 Å². The van der Waals surface area contributed by atoms with Crippen LogP contribution in [0.5, 0.6) is 0 Å². The minimum absolute atomic E-state index is 0.0291. The van der Waals surface area contributed by atoms with E-state index in [1.165, 1.54) is 7.05 Å². The number of aromatic nitrogens is 1. The van der Waals surface area contributed by atoms with Crippen molar-refractivity contribution in [2.75, 3.05) is 7.05 Å². The van der Waals surface area contributed by atoms with Crippen molar-refractivity contribution in [2.24, 2.45) is 0 Å². The summed E-state index contributed by atoms with van der Waals surface area (Å²) in [5, 5.41) is 3.68. The lowest BCUT2D eigenvalue weighted by Crippen LogP contribution is -2.26. The van der Waals surface area contributed by atoms with Crippen molar-refractivity contribution in [3.63, 3.8) is 0 Å². The lowest BCUT2D eigenvalue weighted by atomic mass is 10.3. The molecule has 0 atom stereocenters. The summed E-state index contributed by atoms with van der Waals surface area (Å²) < 4.78 is 56.1. The molecule has 2 rings (SSSR count). The molecule has 0 unspecified atom stereocenters. The van der Waals surface area contributed by atoms with E-state index in [1.54, 1.807) is 13.0 Å². The normalized spacial score (nSPS) is 12.1. The van der Waals surface area contributed by atoms with Crippen LogP contribution in [-0.2, 0) is 16.6 Å². The van der Waals surface area contributed by atoms with Gasteiger partial charge in [-0.05, 0) is 25.1 Å². The van der Waals surface area contributed by atoms with Gasteiger partial charge in [0.2, 0.25) is 10.0 Å². The van der Waals surface area contributed by atoms with Gasteiger partial charge >= 0.3 is 0 Å². The van der Waals surface area contributed by atoms with Crippen LogP contribution in [0.1, 0.15) is 11.5 Å². The average molecular weight is 302 g/mol. The highest BCUT2D eigenvalue weighted by Crippen LogP contribution is 2.19. The van der Waals surface area contributed by atoms with Gasteiger partial charge in [0.25, 0.3) is 0 Å². The quantitative estimate of drug-likeness (QED) is 0.867. The molecule has 0 aliphatic carbocycles. The van der Waals surface area contributed by atoms with E-state index in [1.807, 2.05) is 0 Å². The van der Waals surface area contributed by atoms with Crippen molar-refractivity contribution in [3.05, 3.63) is 47.4 Å². The fraction of sp³-hybridized carbons (Fsp3) is 0.250. The third kappa shape index (κ3) is 2.86. The van der Waals surface area contributed by atoms with Gasteiger partial charge in [0.15, 0.2) is 11.6 Å². The van der Waals surface area contributed by atoms with Gasteiger partial charge in [-0.3, -0.25) is 0 Å². The number of sulfonamides is 1. The second kappa shape index (κ2) is 5.29. The molecule has 0 saturated carbocycles. The van der Waals surface area contributed by atoms with Crippen LogP contribution in [-0.4, -0.2) is 24.9 Å². The molecule has 2 aromatic rings. The van der Waals surface area contributed by atoms with Gasteiger partial charge in [-0.25, -0.2) is 17.2 Å². The van der Waals surface area contributed by atoms with Crippen LogP contribution in [0, 0.1) is 18.6 Å². The van der Waals surface area contributed by atoms with Crippen LogP contribution >= 0.6 is 0 Å². The molecular weight excluding hydrogens is 290 g/mol. The third-order valence-corrected chi connectivity index (χ3v) is 4.46. The Hall–Kier alpha value is -1.80. The molecule has 108 valence electrons. The highest BCUT2D eigenvalue weighted by molar-refractivity contribution is 7.89. The number of halogens is 2. The van der Waals surface area contributed by atoms with Crippen LogP contribution in [0.2, 0.25) is 0 Å². The van der Waals surface area contributed by atoms with Crippen molar-refractivity contribution in [1.29, 1.82) is 0 Å². The number of nitrogens with zero attached hydrogens (tertiary/aromatic N) is 2. The summed E-state index contributed by atoms with van der Waals surface area (Å²) in [5.74, 6) is -1.76. The Bertz CT molecular complexity index is 728. The second-order valence-corrected chi connectivity index (χ2v) is 6.31. The zero-order valence-corrected chi connectivity index (χ0v) is 11.6. The largest absolute Gasteiger partial charge is 0.361 e. The first kappa shape index (κ1) is 14.6. The fourth-order valence-electron chi connectivity index (χ4n) is 1.62. The summed E-state index contributed by atoms with van der Waals surface area (Å²) in [4.78, 5) is -0.320. The smallest absolute Gasteiger partial charge is 0.243 e. The minimum atomic E-state index is -3.92. The van der Waals surface area contributed by atoms with E-state index < -0.39 is 21.7 Å². The molecule has 0 radical (unpaired) electrons. The van der Waals surface area contributed by atoms with Gasteiger partial charge in [-0.1, -0.05) is 5.16 Å². The molecule has 0 saturated heterocycles. The average Bonchev–Trinajstić information content (AvgIpc) is 2.78. The van der Waals surface area contributed by atoms with Crippen LogP contribution in [0.4, 0.5) is 8.78 Å². The van der Waals surface area contributed by atoms with E-state index in [9.17, 15) is 17.2 Å². The van der Waals surface area contributed by atoms with Crippen molar-refractivity contribution >= 4 is 10.0 Å². The van der Waals surface area contributed by atoms with Gasteiger partial charge in [0, 0.05) is 13.1 Å².